The van der Waals surface area contributed by atoms with Gasteiger partial charge in [0.2, 0.25) is 5.91 Å². The molecule has 3 heteroatoms. The molecule has 0 unspecified atom stereocenters. The molecule has 0 saturated carbocycles. The summed E-state index contributed by atoms with van der Waals surface area (Å²) in [5.41, 5.74) is 2.03. The third-order valence-electron chi connectivity index (χ3n) is 2.45. The molecule has 1 amide bonds. The van der Waals surface area contributed by atoms with Crippen molar-refractivity contribution in [2.24, 2.45) is 0 Å². The molecule has 0 fully saturated rings. The predicted molar refractivity (Wildman–Crippen MR) is 53.2 cm³/mol. The van der Waals surface area contributed by atoms with E-state index in [9.17, 15) is 9.59 Å². The van der Waals surface area contributed by atoms with Gasteiger partial charge in [-0.2, -0.15) is 0 Å². The second-order valence-electron chi connectivity index (χ2n) is 3.30. The first-order valence-corrected chi connectivity index (χ1v) is 4.65. The number of carbonyl (C=O) groups excluding carboxylic acids is 2. The van der Waals surface area contributed by atoms with E-state index in [0.29, 0.717) is 6.42 Å². The van der Waals surface area contributed by atoms with Crippen molar-refractivity contribution in [2.45, 2.75) is 12.8 Å². The summed E-state index contributed by atoms with van der Waals surface area (Å²) in [5, 5.41) is 0. The zero-order chi connectivity index (χ0) is 9.97. The van der Waals surface area contributed by atoms with Gasteiger partial charge in [-0.15, -0.1) is 0 Å². The van der Waals surface area contributed by atoms with Gasteiger partial charge in [0.15, 0.2) is 0 Å². The summed E-state index contributed by atoms with van der Waals surface area (Å²) in [5.74, 6) is 0.0378. The van der Waals surface area contributed by atoms with Crippen LogP contribution >= 0.6 is 0 Å². The number of aryl methyl sites for hydroxylation is 1. The number of rotatable bonds is 2. The fraction of sp³-hybridized carbons (Fsp3) is 0.273. The minimum absolute atomic E-state index is 0.0378. The summed E-state index contributed by atoms with van der Waals surface area (Å²) < 4.78 is 0. The van der Waals surface area contributed by atoms with Gasteiger partial charge < -0.3 is 9.69 Å². The smallest absolute Gasteiger partial charge is 0.227 e. The number of para-hydroxylation sites is 1. The summed E-state index contributed by atoms with van der Waals surface area (Å²) in [6, 6.07) is 7.72. The maximum absolute atomic E-state index is 11.5. The Kier molecular flexibility index (Phi) is 2.31. The number of anilines is 1. The summed E-state index contributed by atoms with van der Waals surface area (Å²) in [7, 11) is 0. The molecule has 14 heavy (non-hydrogen) atoms. The molecule has 1 aromatic rings. The Morgan fingerprint density at radius 2 is 2.07 bits per heavy atom. The average molecular weight is 189 g/mol. The third kappa shape index (κ3) is 1.41. The SMILES string of the molecule is O=CCN1C(=O)CCc2ccccc21. The lowest BCUT2D eigenvalue weighted by atomic mass is 10.0. The van der Waals surface area contributed by atoms with Crippen LogP contribution in [0.4, 0.5) is 5.69 Å². The van der Waals surface area contributed by atoms with E-state index in [-0.39, 0.29) is 12.5 Å². The van der Waals surface area contributed by atoms with Crippen LogP contribution in [0, 0.1) is 0 Å². The van der Waals surface area contributed by atoms with Gasteiger partial charge in [-0.05, 0) is 18.1 Å². The van der Waals surface area contributed by atoms with E-state index < -0.39 is 0 Å². The zero-order valence-corrected chi connectivity index (χ0v) is 7.77. The molecule has 0 N–H and O–H groups in total. The number of nitrogens with zero attached hydrogens (tertiary/aromatic N) is 1. The fourth-order valence-corrected chi connectivity index (χ4v) is 1.77. The summed E-state index contributed by atoms with van der Waals surface area (Å²) in [6.07, 6.45) is 2.05. The van der Waals surface area contributed by atoms with Crippen molar-refractivity contribution < 1.29 is 9.59 Å². The Bertz CT molecular complexity index is 373. The highest BCUT2D eigenvalue weighted by Gasteiger charge is 2.22. The first-order chi connectivity index (χ1) is 6.83. The highest BCUT2D eigenvalue weighted by atomic mass is 16.2. The fourth-order valence-electron chi connectivity index (χ4n) is 1.77. The van der Waals surface area contributed by atoms with E-state index in [1.165, 1.54) is 0 Å². The molecule has 1 aliphatic heterocycles. The van der Waals surface area contributed by atoms with Crippen LogP contribution in [0.25, 0.3) is 0 Å². The van der Waals surface area contributed by atoms with Crippen molar-refractivity contribution in [1.82, 2.24) is 0 Å². The highest BCUT2D eigenvalue weighted by molar-refractivity contribution is 5.98. The monoisotopic (exact) mass is 189 g/mol. The van der Waals surface area contributed by atoms with Crippen LogP contribution in [-0.4, -0.2) is 18.7 Å². The molecule has 0 atom stereocenters. The Morgan fingerprint density at radius 3 is 2.86 bits per heavy atom. The van der Waals surface area contributed by atoms with Crippen molar-refractivity contribution in [2.75, 3.05) is 11.4 Å². The van der Waals surface area contributed by atoms with Crippen LogP contribution in [0.5, 0.6) is 0 Å². The first-order valence-electron chi connectivity index (χ1n) is 4.65. The maximum Gasteiger partial charge on any atom is 0.227 e. The third-order valence-corrected chi connectivity index (χ3v) is 2.45. The second-order valence-corrected chi connectivity index (χ2v) is 3.30. The van der Waals surface area contributed by atoms with Crippen molar-refractivity contribution in [3.8, 4) is 0 Å². The van der Waals surface area contributed by atoms with Gasteiger partial charge in [0.25, 0.3) is 0 Å². The Hall–Kier alpha value is -1.64. The molecule has 1 heterocycles. The van der Waals surface area contributed by atoms with E-state index >= 15 is 0 Å². The normalized spacial score (nSPS) is 15.1. The highest BCUT2D eigenvalue weighted by Crippen LogP contribution is 2.26. The maximum atomic E-state index is 11.5. The van der Waals surface area contributed by atoms with E-state index in [0.717, 1.165) is 24.0 Å². The van der Waals surface area contributed by atoms with E-state index in [1.54, 1.807) is 4.90 Å². The summed E-state index contributed by atoms with van der Waals surface area (Å²) in [6.45, 7) is 0.163. The molecule has 1 aromatic carbocycles. The van der Waals surface area contributed by atoms with Gasteiger partial charge in [0, 0.05) is 12.1 Å². The van der Waals surface area contributed by atoms with E-state index in [1.807, 2.05) is 24.3 Å². The largest absolute Gasteiger partial charge is 0.305 e. The molecule has 3 nitrogen and oxygen atoms in total. The minimum Gasteiger partial charge on any atom is -0.305 e. The molecule has 0 saturated heterocycles. The van der Waals surface area contributed by atoms with E-state index in [4.69, 9.17) is 0 Å². The molecular weight excluding hydrogens is 178 g/mol. The number of carbonyl (C=O) groups is 2. The predicted octanol–water partition coefficient (Wildman–Crippen LogP) is 1.16. The van der Waals surface area contributed by atoms with Crippen LogP contribution in [0.3, 0.4) is 0 Å². The standard InChI is InChI=1S/C11H11NO2/c13-8-7-12-10-4-2-1-3-9(10)5-6-11(12)14/h1-4,8H,5-7H2. The zero-order valence-electron chi connectivity index (χ0n) is 7.77. The Labute approximate surface area is 82.3 Å². The lowest BCUT2D eigenvalue weighted by Gasteiger charge is -2.27. The van der Waals surface area contributed by atoms with Crippen LogP contribution in [0.2, 0.25) is 0 Å². The lowest BCUT2D eigenvalue weighted by molar-refractivity contribution is -0.120. The van der Waals surface area contributed by atoms with Crippen LogP contribution in [-0.2, 0) is 16.0 Å². The summed E-state index contributed by atoms with van der Waals surface area (Å²) >= 11 is 0. The average Bonchev–Trinajstić information content (AvgIpc) is 2.23. The van der Waals surface area contributed by atoms with Crippen molar-refractivity contribution in [3.63, 3.8) is 0 Å². The number of amides is 1. The van der Waals surface area contributed by atoms with E-state index in [2.05, 4.69) is 0 Å². The van der Waals surface area contributed by atoms with Crippen LogP contribution < -0.4 is 4.90 Å². The Balaban J connectivity index is 2.40. The molecule has 1 aliphatic rings. The topological polar surface area (TPSA) is 37.4 Å². The molecule has 0 radical (unpaired) electrons. The molecule has 2 rings (SSSR count). The van der Waals surface area contributed by atoms with Gasteiger partial charge in [-0.1, -0.05) is 18.2 Å². The number of fused-ring (bicyclic) bond motifs is 1. The summed E-state index contributed by atoms with van der Waals surface area (Å²) in [4.78, 5) is 23.5. The molecule has 72 valence electrons. The molecule has 0 bridgehead atoms. The quantitative estimate of drug-likeness (QED) is 0.655. The van der Waals surface area contributed by atoms with Crippen LogP contribution in [0.1, 0.15) is 12.0 Å². The van der Waals surface area contributed by atoms with Crippen LogP contribution in [0.15, 0.2) is 24.3 Å². The second kappa shape index (κ2) is 3.62. The van der Waals surface area contributed by atoms with Crippen molar-refractivity contribution >= 4 is 17.9 Å². The van der Waals surface area contributed by atoms with Gasteiger partial charge >= 0.3 is 0 Å². The van der Waals surface area contributed by atoms with Gasteiger partial charge in [0.1, 0.15) is 6.29 Å². The first kappa shape index (κ1) is 8.94. The molecular formula is C11H11NO2. The molecule has 0 spiro atoms. The number of hydrogen-bond acceptors (Lipinski definition) is 2. The molecule has 0 aliphatic carbocycles. The number of aldehydes is 1. The lowest BCUT2D eigenvalue weighted by Crippen LogP contribution is -2.36. The number of benzene rings is 1. The van der Waals surface area contributed by atoms with Crippen molar-refractivity contribution in [1.29, 1.82) is 0 Å². The number of hydrogen-bond donors (Lipinski definition) is 0. The molecule has 0 aromatic heterocycles. The van der Waals surface area contributed by atoms with Crippen molar-refractivity contribution in [3.05, 3.63) is 29.8 Å². The van der Waals surface area contributed by atoms with Gasteiger partial charge in [-0.3, -0.25) is 4.79 Å². The minimum atomic E-state index is 0.0378. The van der Waals surface area contributed by atoms with Gasteiger partial charge in [-0.25, -0.2) is 0 Å². The van der Waals surface area contributed by atoms with Gasteiger partial charge in [0.05, 0.1) is 6.54 Å². The Morgan fingerprint density at radius 1 is 1.29 bits per heavy atom.